The normalized spacial score (nSPS) is 17.7. The van der Waals surface area contributed by atoms with E-state index in [-0.39, 0.29) is 22.6 Å². The Labute approximate surface area is 157 Å². The van der Waals surface area contributed by atoms with Gasteiger partial charge in [0.15, 0.2) is 11.9 Å². The van der Waals surface area contributed by atoms with Gasteiger partial charge in [-0.25, -0.2) is 4.79 Å². The number of ether oxygens (including phenoxy) is 1. The van der Waals surface area contributed by atoms with E-state index in [0.29, 0.717) is 5.69 Å². The van der Waals surface area contributed by atoms with Crippen LogP contribution in [0.2, 0.25) is 0 Å². The number of aryl methyl sites for hydroxylation is 1. The van der Waals surface area contributed by atoms with Crippen LogP contribution in [0.3, 0.4) is 0 Å². The number of fused-ring (bicyclic) bond motifs is 1. The molecular weight excluding hydrogens is 346 g/mol. The zero-order valence-corrected chi connectivity index (χ0v) is 16.1. The van der Waals surface area contributed by atoms with Gasteiger partial charge >= 0.3 is 5.97 Å². The molecule has 3 rings (SSSR count). The number of likely N-dealkylation sites (N-methyl/N-ethyl adjacent to an activating group) is 1. The standard InChI is InChI=1S/C20H23N3O4/c1-11-17(18(21)27-22-11)19(25)26-12(2)15(24)10-16-20(3,4)13-8-6-7-9-14(13)23(16)5/h6-10,12H,21H2,1-5H3/b16-10+/t12-/m1/s1. The number of nitrogens with zero attached hydrogens (tertiary/aromatic N) is 2. The number of carbonyl (C=O) groups is 2. The van der Waals surface area contributed by atoms with E-state index >= 15 is 0 Å². The molecule has 0 saturated carbocycles. The third-order valence-electron chi connectivity index (χ3n) is 5.00. The van der Waals surface area contributed by atoms with E-state index in [0.717, 1.165) is 16.9 Å². The summed E-state index contributed by atoms with van der Waals surface area (Å²) in [5.74, 6) is -1.16. The molecule has 0 fully saturated rings. The molecule has 0 bridgehead atoms. The summed E-state index contributed by atoms with van der Waals surface area (Å²) < 4.78 is 10.0. The van der Waals surface area contributed by atoms with Gasteiger partial charge in [-0.3, -0.25) is 4.79 Å². The van der Waals surface area contributed by atoms with Crippen LogP contribution in [-0.2, 0) is 14.9 Å². The minimum absolute atomic E-state index is 0.0491. The molecule has 1 aromatic heterocycles. The first kappa shape index (κ1) is 18.7. The van der Waals surface area contributed by atoms with Gasteiger partial charge in [0.05, 0.1) is 5.69 Å². The van der Waals surface area contributed by atoms with Gasteiger partial charge in [-0.2, -0.15) is 0 Å². The SMILES string of the molecule is Cc1noc(N)c1C(=O)O[C@H](C)C(=O)/C=C1/N(C)c2ccccc2C1(C)C. The summed E-state index contributed by atoms with van der Waals surface area (Å²) in [6.45, 7) is 7.24. The van der Waals surface area contributed by atoms with Crippen molar-refractivity contribution in [2.75, 3.05) is 17.7 Å². The number of aromatic nitrogens is 1. The van der Waals surface area contributed by atoms with Crippen LogP contribution in [0.15, 0.2) is 40.6 Å². The molecule has 2 heterocycles. The highest BCUT2D eigenvalue weighted by atomic mass is 16.5. The second kappa shape index (κ2) is 6.57. The van der Waals surface area contributed by atoms with Crippen molar-refractivity contribution in [3.8, 4) is 0 Å². The number of esters is 1. The van der Waals surface area contributed by atoms with Gasteiger partial charge in [0, 0.05) is 29.9 Å². The third kappa shape index (κ3) is 3.09. The summed E-state index contributed by atoms with van der Waals surface area (Å²) in [5.41, 5.74) is 8.67. The van der Waals surface area contributed by atoms with E-state index in [4.69, 9.17) is 15.0 Å². The van der Waals surface area contributed by atoms with Gasteiger partial charge in [-0.1, -0.05) is 37.2 Å². The first-order valence-electron chi connectivity index (χ1n) is 8.66. The summed E-state index contributed by atoms with van der Waals surface area (Å²) in [6.07, 6.45) is 0.577. The summed E-state index contributed by atoms with van der Waals surface area (Å²) >= 11 is 0. The summed E-state index contributed by atoms with van der Waals surface area (Å²) in [6, 6.07) is 8.02. The second-order valence-electron chi connectivity index (χ2n) is 7.19. The Kier molecular flexibility index (Phi) is 4.55. The number of nitrogens with two attached hydrogens (primary N) is 1. The number of rotatable bonds is 4. The fourth-order valence-corrected chi connectivity index (χ4v) is 3.42. The van der Waals surface area contributed by atoms with Crippen molar-refractivity contribution < 1.29 is 18.8 Å². The minimum Gasteiger partial charge on any atom is -0.450 e. The number of benzene rings is 1. The van der Waals surface area contributed by atoms with Crippen LogP contribution in [0.1, 0.15) is 42.4 Å². The summed E-state index contributed by atoms with van der Waals surface area (Å²) in [5, 5.41) is 3.62. The maximum absolute atomic E-state index is 12.7. The van der Waals surface area contributed by atoms with Crippen molar-refractivity contribution >= 4 is 23.3 Å². The molecule has 7 nitrogen and oxygen atoms in total. The second-order valence-corrected chi connectivity index (χ2v) is 7.19. The van der Waals surface area contributed by atoms with Crippen LogP contribution < -0.4 is 10.6 Å². The number of allylic oxidation sites excluding steroid dienone is 1. The number of hydrogen-bond acceptors (Lipinski definition) is 7. The lowest BCUT2D eigenvalue weighted by atomic mass is 9.83. The Bertz CT molecular complexity index is 923. The molecule has 0 unspecified atom stereocenters. The fraction of sp³-hybridized carbons (Fsp3) is 0.350. The van der Waals surface area contributed by atoms with Crippen molar-refractivity contribution in [2.45, 2.75) is 39.2 Å². The van der Waals surface area contributed by atoms with Crippen LogP contribution in [0.5, 0.6) is 0 Å². The van der Waals surface area contributed by atoms with E-state index in [1.807, 2.05) is 30.1 Å². The number of para-hydroxylation sites is 1. The zero-order valence-electron chi connectivity index (χ0n) is 16.1. The van der Waals surface area contributed by atoms with E-state index in [1.165, 1.54) is 6.92 Å². The van der Waals surface area contributed by atoms with Crippen molar-refractivity contribution in [1.29, 1.82) is 0 Å². The largest absolute Gasteiger partial charge is 0.450 e. The monoisotopic (exact) mass is 369 g/mol. The molecule has 2 aromatic rings. The number of hydrogen-bond donors (Lipinski definition) is 1. The number of ketones is 1. The molecule has 1 aliphatic rings. The Morgan fingerprint density at radius 3 is 2.59 bits per heavy atom. The lowest BCUT2D eigenvalue weighted by Gasteiger charge is -2.24. The molecule has 142 valence electrons. The van der Waals surface area contributed by atoms with Crippen molar-refractivity contribution in [3.63, 3.8) is 0 Å². The maximum Gasteiger partial charge on any atom is 0.346 e. The van der Waals surface area contributed by atoms with Gasteiger partial charge in [0.2, 0.25) is 5.88 Å². The average Bonchev–Trinajstić information content (AvgIpc) is 3.05. The summed E-state index contributed by atoms with van der Waals surface area (Å²) in [4.78, 5) is 27.0. The average molecular weight is 369 g/mol. The first-order valence-corrected chi connectivity index (χ1v) is 8.66. The van der Waals surface area contributed by atoms with Gasteiger partial charge in [-0.15, -0.1) is 0 Å². The van der Waals surface area contributed by atoms with E-state index in [1.54, 1.807) is 13.0 Å². The molecule has 1 aliphatic heterocycles. The molecule has 0 saturated heterocycles. The van der Waals surface area contributed by atoms with E-state index in [9.17, 15) is 9.59 Å². The molecular formula is C20H23N3O4. The van der Waals surface area contributed by atoms with Crippen molar-refractivity contribution in [3.05, 3.63) is 52.9 Å². The minimum atomic E-state index is -0.966. The molecule has 7 heteroatoms. The predicted octanol–water partition coefficient (Wildman–Crippen LogP) is 2.99. The van der Waals surface area contributed by atoms with Crippen LogP contribution in [0.4, 0.5) is 11.6 Å². The first-order chi connectivity index (χ1) is 12.6. The molecule has 2 N–H and O–H groups in total. The third-order valence-corrected chi connectivity index (χ3v) is 5.00. The maximum atomic E-state index is 12.7. The van der Waals surface area contributed by atoms with Crippen LogP contribution in [0, 0.1) is 6.92 Å². The smallest absolute Gasteiger partial charge is 0.346 e. The predicted molar refractivity (Wildman–Crippen MR) is 101 cm³/mol. The van der Waals surface area contributed by atoms with E-state index < -0.39 is 12.1 Å². The highest BCUT2D eigenvalue weighted by molar-refractivity contribution is 6.00. The molecule has 1 aromatic carbocycles. The quantitative estimate of drug-likeness (QED) is 0.653. The number of anilines is 2. The fourth-order valence-electron chi connectivity index (χ4n) is 3.42. The summed E-state index contributed by atoms with van der Waals surface area (Å²) in [7, 11) is 1.92. The van der Waals surface area contributed by atoms with Gasteiger partial charge in [0.25, 0.3) is 0 Å². The van der Waals surface area contributed by atoms with Crippen molar-refractivity contribution in [1.82, 2.24) is 5.16 Å². The topological polar surface area (TPSA) is 98.7 Å². The molecule has 0 spiro atoms. The van der Waals surface area contributed by atoms with Gasteiger partial charge in [-0.05, 0) is 25.5 Å². The molecule has 1 atom stereocenters. The molecule has 0 radical (unpaired) electrons. The highest BCUT2D eigenvalue weighted by Crippen LogP contribution is 2.46. The Balaban J connectivity index is 1.81. The zero-order chi connectivity index (χ0) is 19.9. The lowest BCUT2D eigenvalue weighted by molar-refractivity contribution is -0.122. The number of carbonyl (C=O) groups excluding carboxylic acids is 2. The van der Waals surface area contributed by atoms with Gasteiger partial charge < -0.3 is 19.9 Å². The van der Waals surface area contributed by atoms with Crippen LogP contribution in [-0.4, -0.2) is 30.1 Å². The molecule has 0 amide bonds. The molecule has 27 heavy (non-hydrogen) atoms. The van der Waals surface area contributed by atoms with Crippen molar-refractivity contribution in [2.24, 2.45) is 0 Å². The Morgan fingerprint density at radius 1 is 1.33 bits per heavy atom. The van der Waals surface area contributed by atoms with E-state index in [2.05, 4.69) is 25.1 Å². The Hall–Kier alpha value is -3.09. The van der Waals surface area contributed by atoms with Crippen LogP contribution in [0.25, 0.3) is 0 Å². The number of nitrogen functional groups attached to an aromatic ring is 1. The lowest BCUT2D eigenvalue weighted by Crippen LogP contribution is -2.28. The van der Waals surface area contributed by atoms with Gasteiger partial charge in [0.1, 0.15) is 5.56 Å². The molecule has 0 aliphatic carbocycles. The van der Waals surface area contributed by atoms with Crippen LogP contribution >= 0.6 is 0 Å². The Morgan fingerprint density at radius 2 is 2.00 bits per heavy atom. The highest BCUT2D eigenvalue weighted by Gasteiger charge is 2.39.